The molecule has 13 heavy (non-hydrogen) atoms. The predicted octanol–water partition coefficient (Wildman–Crippen LogP) is 1.34. The van der Waals surface area contributed by atoms with Crippen LogP contribution in [0.2, 0.25) is 0 Å². The number of aliphatic hydroxyl groups is 1. The van der Waals surface area contributed by atoms with Crippen LogP contribution < -0.4 is 9.47 Å². The van der Waals surface area contributed by atoms with Crippen molar-refractivity contribution in [3.63, 3.8) is 0 Å². The van der Waals surface area contributed by atoms with Crippen molar-refractivity contribution >= 4 is 0 Å². The van der Waals surface area contributed by atoms with Gasteiger partial charge < -0.3 is 14.6 Å². The molecule has 0 amide bonds. The van der Waals surface area contributed by atoms with Gasteiger partial charge in [-0.25, -0.2) is 0 Å². The number of hydrogen-bond acceptors (Lipinski definition) is 3. The average molecular weight is 180 g/mol. The summed E-state index contributed by atoms with van der Waals surface area (Å²) in [6.07, 6.45) is 0.104. The second-order valence-electron chi connectivity index (χ2n) is 3.18. The van der Waals surface area contributed by atoms with E-state index < -0.39 is 0 Å². The first-order chi connectivity index (χ1) is 6.29. The van der Waals surface area contributed by atoms with E-state index >= 15 is 0 Å². The topological polar surface area (TPSA) is 38.7 Å². The first-order valence-corrected chi connectivity index (χ1v) is 4.33. The van der Waals surface area contributed by atoms with Crippen LogP contribution in [0, 0.1) is 0 Å². The fourth-order valence-corrected chi connectivity index (χ4v) is 1.32. The van der Waals surface area contributed by atoms with Crippen LogP contribution in [0.1, 0.15) is 12.5 Å². The summed E-state index contributed by atoms with van der Waals surface area (Å²) in [5, 5.41) is 8.89. The standard InChI is InChI=1S/C10H12O3/c1-7-6-12-10-4-8(5-11)2-3-9(10)13-7/h2-4,7,11H,5-6H2,1H3. The highest BCUT2D eigenvalue weighted by Crippen LogP contribution is 2.32. The van der Waals surface area contributed by atoms with E-state index in [1.165, 1.54) is 0 Å². The first kappa shape index (κ1) is 8.38. The van der Waals surface area contributed by atoms with E-state index in [2.05, 4.69) is 0 Å². The van der Waals surface area contributed by atoms with Crippen molar-refractivity contribution in [1.29, 1.82) is 0 Å². The summed E-state index contributed by atoms with van der Waals surface area (Å²) in [4.78, 5) is 0. The normalized spacial score (nSPS) is 20.0. The molecule has 1 aromatic rings. The van der Waals surface area contributed by atoms with Gasteiger partial charge in [0.1, 0.15) is 12.7 Å². The molecule has 1 atom stereocenters. The van der Waals surface area contributed by atoms with E-state index in [1.54, 1.807) is 6.07 Å². The van der Waals surface area contributed by atoms with Crippen molar-refractivity contribution in [3.8, 4) is 11.5 Å². The Morgan fingerprint density at radius 2 is 2.31 bits per heavy atom. The van der Waals surface area contributed by atoms with E-state index in [1.807, 2.05) is 19.1 Å². The molecule has 0 bridgehead atoms. The van der Waals surface area contributed by atoms with E-state index in [9.17, 15) is 0 Å². The summed E-state index contributed by atoms with van der Waals surface area (Å²) in [7, 11) is 0. The van der Waals surface area contributed by atoms with E-state index in [-0.39, 0.29) is 12.7 Å². The Bertz CT molecular complexity index is 309. The summed E-state index contributed by atoms with van der Waals surface area (Å²) in [6, 6.07) is 5.47. The van der Waals surface area contributed by atoms with E-state index in [4.69, 9.17) is 14.6 Å². The molecular formula is C10H12O3. The Kier molecular flexibility index (Phi) is 2.10. The maximum absolute atomic E-state index is 8.89. The molecule has 70 valence electrons. The number of ether oxygens (including phenoxy) is 2. The van der Waals surface area contributed by atoms with Crippen molar-refractivity contribution in [2.45, 2.75) is 19.6 Å². The number of fused-ring (bicyclic) bond motifs is 1. The third kappa shape index (κ3) is 1.60. The fraction of sp³-hybridized carbons (Fsp3) is 0.400. The lowest BCUT2D eigenvalue weighted by molar-refractivity contribution is 0.104. The fourth-order valence-electron chi connectivity index (χ4n) is 1.32. The lowest BCUT2D eigenvalue weighted by Gasteiger charge is -2.24. The largest absolute Gasteiger partial charge is 0.486 e. The maximum Gasteiger partial charge on any atom is 0.161 e. The van der Waals surface area contributed by atoms with Gasteiger partial charge in [0.15, 0.2) is 11.5 Å². The molecule has 0 spiro atoms. The highest BCUT2D eigenvalue weighted by atomic mass is 16.6. The second-order valence-corrected chi connectivity index (χ2v) is 3.18. The van der Waals surface area contributed by atoms with Crippen molar-refractivity contribution in [3.05, 3.63) is 23.8 Å². The Hall–Kier alpha value is -1.22. The van der Waals surface area contributed by atoms with Gasteiger partial charge in [0.05, 0.1) is 6.61 Å². The van der Waals surface area contributed by atoms with Gasteiger partial charge in [-0.3, -0.25) is 0 Å². The van der Waals surface area contributed by atoms with Crippen LogP contribution in [0.25, 0.3) is 0 Å². The van der Waals surface area contributed by atoms with Gasteiger partial charge >= 0.3 is 0 Å². The van der Waals surface area contributed by atoms with Crippen molar-refractivity contribution in [1.82, 2.24) is 0 Å². The summed E-state index contributed by atoms with van der Waals surface area (Å²) < 4.78 is 11.0. The van der Waals surface area contributed by atoms with Crippen molar-refractivity contribution in [2.24, 2.45) is 0 Å². The summed E-state index contributed by atoms with van der Waals surface area (Å²) in [5.74, 6) is 1.49. The van der Waals surface area contributed by atoms with Crippen LogP contribution in [-0.2, 0) is 6.61 Å². The van der Waals surface area contributed by atoms with Crippen LogP contribution in [0.15, 0.2) is 18.2 Å². The highest BCUT2D eigenvalue weighted by molar-refractivity contribution is 5.43. The zero-order valence-corrected chi connectivity index (χ0v) is 7.49. The Labute approximate surface area is 76.9 Å². The van der Waals surface area contributed by atoms with Gasteiger partial charge in [-0.05, 0) is 24.6 Å². The van der Waals surface area contributed by atoms with E-state index in [0.29, 0.717) is 6.61 Å². The smallest absolute Gasteiger partial charge is 0.161 e. The van der Waals surface area contributed by atoms with Gasteiger partial charge in [0, 0.05) is 0 Å². The van der Waals surface area contributed by atoms with Crippen LogP contribution in [0.4, 0.5) is 0 Å². The van der Waals surface area contributed by atoms with Crippen molar-refractivity contribution in [2.75, 3.05) is 6.61 Å². The Morgan fingerprint density at radius 3 is 3.08 bits per heavy atom. The summed E-state index contributed by atoms with van der Waals surface area (Å²) in [6.45, 7) is 2.57. The molecule has 0 aliphatic carbocycles. The van der Waals surface area contributed by atoms with Crippen molar-refractivity contribution < 1.29 is 14.6 Å². The number of aliphatic hydroxyl groups excluding tert-OH is 1. The van der Waals surface area contributed by atoms with Gasteiger partial charge in [0.25, 0.3) is 0 Å². The highest BCUT2D eigenvalue weighted by Gasteiger charge is 2.16. The lowest BCUT2D eigenvalue weighted by Crippen LogP contribution is -2.25. The van der Waals surface area contributed by atoms with Crippen LogP contribution in [0.5, 0.6) is 11.5 Å². The average Bonchev–Trinajstić information content (AvgIpc) is 2.17. The molecule has 3 nitrogen and oxygen atoms in total. The minimum Gasteiger partial charge on any atom is -0.486 e. The number of rotatable bonds is 1. The third-order valence-electron chi connectivity index (χ3n) is 1.99. The first-order valence-electron chi connectivity index (χ1n) is 4.33. The van der Waals surface area contributed by atoms with Crippen LogP contribution in [0.3, 0.4) is 0 Å². The molecule has 0 radical (unpaired) electrons. The van der Waals surface area contributed by atoms with E-state index in [0.717, 1.165) is 17.1 Å². The molecule has 1 unspecified atom stereocenters. The van der Waals surface area contributed by atoms with Crippen LogP contribution in [-0.4, -0.2) is 17.8 Å². The Balaban J connectivity index is 2.31. The summed E-state index contributed by atoms with van der Waals surface area (Å²) >= 11 is 0. The summed E-state index contributed by atoms with van der Waals surface area (Å²) in [5.41, 5.74) is 0.844. The monoisotopic (exact) mass is 180 g/mol. The molecule has 1 aliphatic heterocycles. The van der Waals surface area contributed by atoms with Crippen LogP contribution >= 0.6 is 0 Å². The SMILES string of the molecule is CC1COc2cc(CO)ccc2O1. The van der Waals surface area contributed by atoms with Gasteiger partial charge in [0.2, 0.25) is 0 Å². The minimum atomic E-state index is 0.0339. The second kappa shape index (κ2) is 3.26. The number of benzene rings is 1. The molecule has 0 aromatic heterocycles. The van der Waals surface area contributed by atoms with Gasteiger partial charge in [-0.2, -0.15) is 0 Å². The molecule has 1 aliphatic rings. The third-order valence-corrected chi connectivity index (χ3v) is 1.99. The molecular weight excluding hydrogens is 168 g/mol. The molecule has 0 fully saturated rings. The zero-order valence-electron chi connectivity index (χ0n) is 7.49. The molecule has 1 heterocycles. The predicted molar refractivity (Wildman–Crippen MR) is 47.9 cm³/mol. The molecule has 0 saturated carbocycles. The molecule has 2 rings (SSSR count). The molecule has 0 saturated heterocycles. The lowest BCUT2D eigenvalue weighted by atomic mass is 10.2. The number of hydrogen-bond donors (Lipinski definition) is 1. The molecule has 1 N–H and O–H groups in total. The molecule has 3 heteroatoms. The Morgan fingerprint density at radius 1 is 1.46 bits per heavy atom. The zero-order chi connectivity index (χ0) is 9.26. The van der Waals surface area contributed by atoms with Gasteiger partial charge in [-0.15, -0.1) is 0 Å². The quantitative estimate of drug-likeness (QED) is 0.708. The maximum atomic E-state index is 8.89. The minimum absolute atomic E-state index is 0.0339. The molecule has 1 aromatic carbocycles. The van der Waals surface area contributed by atoms with Gasteiger partial charge in [-0.1, -0.05) is 6.07 Å².